The third-order valence-corrected chi connectivity index (χ3v) is 7.52. The number of phenolic OH excluding ortho intramolecular Hbond substituents is 1. The van der Waals surface area contributed by atoms with Crippen molar-refractivity contribution in [2.45, 2.75) is 31.8 Å². The van der Waals surface area contributed by atoms with Gasteiger partial charge in [-0.2, -0.15) is 18.3 Å². The zero-order chi connectivity index (χ0) is 33.6. The second-order valence-corrected chi connectivity index (χ2v) is 10.8. The van der Waals surface area contributed by atoms with E-state index in [0.717, 1.165) is 62.2 Å². The Kier molecular flexibility index (Phi) is 9.93. The first-order valence-corrected chi connectivity index (χ1v) is 14.5. The number of nitrogens with two attached hydrogens (primary N) is 1. The summed E-state index contributed by atoms with van der Waals surface area (Å²) >= 11 is 0. The summed E-state index contributed by atoms with van der Waals surface area (Å²) in [7, 11) is 0. The van der Waals surface area contributed by atoms with Crippen molar-refractivity contribution in [2.24, 2.45) is 0 Å². The number of aliphatic carboxylic acids is 1. The first kappa shape index (κ1) is 32.8. The second kappa shape index (κ2) is 14.2. The molecule has 240 valence electrons. The van der Waals surface area contributed by atoms with Crippen molar-refractivity contribution in [3.05, 3.63) is 121 Å². The van der Waals surface area contributed by atoms with Crippen LogP contribution in [0, 0.1) is 0 Å². The third-order valence-electron chi connectivity index (χ3n) is 7.52. The molecule has 3 heterocycles. The van der Waals surface area contributed by atoms with Crippen LogP contribution >= 0.6 is 0 Å². The molecule has 0 saturated carbocycles. The number of carboxylic acids is 1. The van der Waals surface area contributed by atoms with E-state index in [1.807, 2.05) is 37.4 Å². The van der Waals surface area contributed by atoms with E-state index in [0.29, 0.717) is 0 Å². The lowest BCUT2D eigenvalue weighted by molar-refractivity contribution is -0.709. The van der Waals surface area contributed by atoms with E-state index in [4.69, 9.17) is 14.9 Å². The van der Waals surface area contributed by atoms with Gasteiger partial charge in [0.05, 0.1) is 23.1 Å². The number of hydrogen-bond donors (Lipinski definition) is 4. The molecular weight excluding hydrogens is 611 g/mol. The molecule has 9 nitrogen and oxygen atoms in total. The number of carboxylic acid groups (broad SMARTS) is 1. The van der Waals surface area contributed by atoms with Crippen molar-refractivity contribution in [3.8, 4) is 39.4 Å². The van der Waals surface area contributed by atoms with Crippen LogP contribution in [0.5, 0.6) is 5.75 Å². The molecule has 0 aliphatic heterocycles. The Labute approximate surface area is 267 Å². The zero-order valence-corrected chi connectivity index (χ0v) is 25.0. The molecule has 6 aromatic rings. The zero-order valence-electron chi connectivity index (χ0n) is 25.0. The average Bonchev–Trinajstić information content (AvgIpc) is 3.62. The fraction of sp³-hybridized carbons (Fsp3) is 0.143. The number of aromatic nitrogens is 4. The van der Waals surface area contributed by atoms with Gasteiger partial charge in [0.25, 0.3) is 0 Å². The maximum atomic E-state index is 10.7. The van der Waals surface area contributed by atoms with Crippen molar-refractivity contribution in [1.29, 1.82) is 0 Å². The Hall–Kier alpha value is -5.59. The standard InChI is InChI=1S/C33H29N5O2.C2HF3O2/c1-21(33(40)25-11-13-27(39)14-12-25)35-18-22-7-9-24(10-8-22)32-28(23-5-3-2-4-6-23)17-29-30(38-32)15-16-34-31(29)26-19-36-37-20-26;3-2(4,5)1(6)7/h2-17,19-21,33,35,39-40H,18H2,1H3,(H,36,37);(H,6,7)/t21-,33-;/m0./s1. The number of pyridine rings is 2. The lowest BCUT2D eigenvalue weighted by atomic mass is 9.96. The highest BCUT2D eigenvalue weighted by molar-refractivity contribution is 5.98. The Morgan fingerprint density at radius 1 is 0.936 bits per heavy atom. The van der Waals surface area contributed by atoms with Gasteiger partial charge in [-0.25, -0.2) is 4.98 Å². The molecule has 5 N–H and O–H groups in total. The number of benzene rings is 3. The molecule has 0 radical (unpaired) electrons. The maximum absolute atomic E-state index is 10.7. The molecule has 0 unspecified atom stereocenters. The van der Waals surface area contributed by atoms with Crippen LogP contribution in [0.2, 0.25) is 0 Å². The summed E-state index contributed by atoms with van der Waals surface area (Å²) in [4.78, 5) is 18.6. The molecule has 47 heavy (non-hydrogen) atoms. The van der Waals surface area contributed by atoms with Gasteiger partial charge in [-0.15, -0.1) is 0 Å². The van der Waals surface area contributed by atoms with Gasteiger partial charge in [-0.05, 0) is 42.3 Å². The molecular formula is C35H30F3N5O4. The van der Waals surface area contributed by atoms with Crippen LogP contribution in [-0.2, 0) is 11.3 Å². The number of quaternary nitrogens is 1. The third kappa shape index (κ3) is 7.98. The molecule has 0 saturated heterocycles. The summed E-state index contributed by atoms with van der Waals surface area (Å²) in [6.45, 7) is 2.73. The molecule has 3 aromatic heterocycles. The number of alkyl halides is 3. The highest BCUT2D eigenvalue weighted by Gasteiger charge is 2.28. The number of rotatable bonds is 8. The van der Waals surface area contributed by atoms with E-state index < -0.39 is 18.2 Å². The number of carbonyl (C=O) groups excluding carboxylic acids is 1. The van der Waals surface area contributed by atoms with Gasteiger partial charge in [0.15, 0.2) is 0 Å². The summed E-state index contributed by atoms with van der Waals surface area (Å²) in [6.07, 6.45) is -0.413. The fourth-order valence-corrected chi connectivity index (χ4v) is 4.99. The van der Waals surface area contributed by atoms with Gasteiger partial charge in [0, 0.05) is 40.0 Å². The van der Waals surface area contributed by atoms with Crippen molar-refractivity contribution in [1.82, 2.24) is 20.2 Å². The molecule has 0 fully saturated rings. The van der Waals surface area contributed by atoms with Crippen LogP contribution in [0.4, 0.5) is 13.2 Å². The number of phenols is 1. The largest absolute Gasteiger partial charge is 0.542 e. The number of aliphatic hydroxyl groups excluding tert-OH is 1. The minimum Gasteiger partial charge on any atom is -0.542 e. The normalized spacial score (nSPS) is 12.6. The molecule has 0 spiro atoms. The van der Waals surface area contributed by atoms with Crippen molar-refractivity contribution in [3.63, 3.8) is 0 Å². The van der Waals surface area contributed by atoms with Gasteiger partial charge < -0.3 is 25.4 Å². The number of hydrogen-bond acceptors (Lipinski definition) is 7. The predicted molar refractivity (Wildman–Crippen MR) is 167 cm³/mol. The van der Waals surface area contributed by atoms with Crippen LogP contribution in [0.3, 0.4) is 0 Å². The molecule has 2 atom stereocenters. The van der Waals surface area contributed by atoms with Gasteiger partial charge in [-0.3, -0.25) is 10.1 Å². The lowest BCUT2D eigenvalue weighted by Gasteiger charge is -2.18. The van der Waals surface area contributed by atoms with Crippen LogP contribution in [-0.4, -0.2) is 48.6 Å². The van der Waals surface area contributed by atoms with Crippen LogP contribution < -0.4 is 10.4 Å². The molecule has 0 bridgehead atoms. The summed E-state index contributed by atoms with van der Waals surface area (Å²) < 4.78 is 31.5. The first-order chi connectivity index (χ1) is 22.5. The number of aliphatic hydroxyl groups is 1. The summed E-state index contributed by atoms with van der Waals surface area (Å²) in [5.74, 6) is -2.81. The number of aromatic hydroxyl groups is 1. The van der Waals surface area contributed by atoms with Gasteiger partial charge in [-0.1, -0.05) is 66.7 Å². The maximum Gasteiger partial charge on any atom is 0.430 e. The highest BCUT2D eigenvalue weighted by Crippen LogP contribution is 2.36. The number of aromatic amines is 1. The lowest BCUT2D eigenvalue weighted by Crippen LogP contribution is -2.88. The van der Waals surface area contributed by atoms with Crippen molar-refractivity contribution < 1.29 is 38.6 Å². The van der Waals surface area contributed by atoms with Crippen LogP contribution in [0.15, 0.2) is 110 Å². The monoisotopic (exact) mass is 641 g/mol. The summed E-state index contributed by atoms with van der Waals surface area (Å²) in [6, 6.07) is 29.6. The molecule has 0 amide bonds. The van der Waals surface area contributed by atoms with E-state index in [-0.39, 0.29) is 11.8 Å². The van der Waals surface area contributed by atoms with Crippen molar-refractivity contribution >= 4 is 16.9 Å². The highest BCUT2D eigenvalue weighted by atomic mass is 19.4. The molecule has 0 aliphatic rings. The van der Waals surface area contributed by atoms with Crippen LogP contribution in [0.25, 0.3) is 44.5 Å². The quantitative estimate of drug-likeness (QED) is 0.190. The Morgan fingerprint density at radius 3 is 2.23 bits per heavy atom. The van der Waals surface area contributed by atoms with E-state index in [1.165, 1.54) is 0 Å². The average molecular weight is 642 g/mol. The van der Waals surface area contributed by atoms with Crippen LogP contribution in [0.1, 0.15) is 24.2 Å². The van der Waals surface area contributed by atoms with Crippen molar-refractivity contribution in [2.75, 3.05) is 0 Å². The first-order valence-electron chi connectivity index (χ1n) is 14.5. The summed E-state index contributed by atoms with van der Waals surface area (Å²) in [5, 5.41) is 39.1. The van der Waals surface area contributed by atoms with Gasteiger partial charge >= 0.3 is 6.18 Å². The Bertz CT molecular complexity index is 1930. The topological polar surface area (TPSA) is 152 Å². The number of halogens is 3. The van der Waals surface area contributed by atoms with E-state index >= 15 is 0 Å². The predicted octanol–water partition coefficient (Wildman–Crippen LogP) is 4.54. The molecule has 3 aromatic carbocycles. The van der Waals surface area contributed by atoms with Gasteiger partial charge in [0.1, 0.15) is 30.4 Å². The number of H-pyrrole nitrogens is 1. The SMILES string of the molecule is C[C@H]([NH2+]Cc1ccc(-c2nc3ccnc(-c4cn[nH]c4)c3cc2-c2ccccc2)cc1)[C@H](O)c1ccc(O)cc1.O=C([O-])C(F)(F)F. The molecule has 0 aliphatic carbocycles. The Morgan fingerprint density at radius 2 is 1.62 bits per heavy atom. The van der Waals surface area contributed by atoms with E-state index in [9.17, 15) is 23.4 Å². The van der Waals surface area contributed by atoms with Gasteiger partial charge in [0.2, 0.25) is 0 Å². The smallest absolute Gasteiger partial charge is 0.430 e. The number of carbonyl (C=O) groups is 1. The minimum absolute atomic E-state index is 0.0471. The number of fused-ring (bicyclic) bond motifs is 1. The second-order valence-electron chi connectivity index (χ2n) is 10.8. The fourth-order valence-electron chi connectivity index (χ4n) is 4.99. The minimum atomic E-state index is -5.19. The summed E-state index contributed by atoms with van der Waals surface area (Å²) in [5.41, 5.74) is 8.65. The van der Waals surface area contributed by atoms with E-state index in [1.54, 1.807) is 36.7 Å². The number of nitrogens with zero attached hydrogens (tertiary/aromatic N) is 3. The molecule has 12 heteroatoms. The Balaban J connectivity index is 0.000000559. The van der Waals surface area contributed by atoms with E-state index in [2.05, 4.69) is 63.0 Å². The molecule has 6 rings (SSSR count). The number of nitrogens with one attached hydrogen (secondary N) is 1.